The normalized spacial score (nSPS) is 34.7. The smallest absolute Gasteiger partial charge is 0.0707 e. The molecule has 3 unspecified atom stereocenters. The van der Waals surface area contributed by atoms with E-state index in [9.17, 15) is 0 Å². The summed E-state index contributed by atoms with van der Waals surface area (Å²) in [5.41, 5.74) is 5.92. The summed E-state index contributed by atoms with van der Waals surface area (Å²) in [5, 5.41) is 0. The van der Waals surface area contributed by atoms with Gasteiger partial charge in [-0.05, 0) is 32.2 Å². The fourth-order valence-electron chi connectivity index (χ4n) is 2.43. The lowest BCUT2D eigenvalue weighted by atomic mass is 10.1. The highest BCUT2D eigenvalue weighted by molar-refractivity contribution is 4.85. The van der Waals surface area contributed by atoms with E-state index < -0.39 is 0 Å². The molecule has 14 heavy (non-hydrogen) atoms. The number of hydrogen-bond acceptors (Lipinski definition) is 3. The van der Waals surface area contributed by atoms with Crippen LogP contribution < -0.4 is 5.73 Å². The third kappa shape index (κ3) is 2.47. The number of rotatable bonds is 4. The summed E-state index contributed by atoms with van der Waals surface area (Å²) in [6.07, 6.45) is 5.80. The second-order valence-corrected chi connectivity index (χ2v) is 4.67. The lowest BCUT2D eigenvalue weighted by Crippen LogP contribution is -2.44. The molecule has 3 nitrogen and oxygen atoms in total. The Kier molecular flexibility index (Phi) is 3.42. The molecule has 3 heteroatoms. The highest BCUT2D eigenvalue weighted by Gasteiger charge is 2.33. The van der Waals surface area contributed by atoms with Gasteiger partial charge in [0, 0.05) is 19.1 Å². The van der Waals surface area contributed by atoms with Crippen molar-refractivity contribution in [1.29, 1.82) is 0 Å². The molecule has 2 N–H and O–H groups in total. The fraction of sp³-hybridized carbons (Fsp3) is 1.00. The molecule has 2 rings (SSSR count). The van der Waals surface area contributed by atoms with Gasteiger partial charge in [0.25, 0.3) is 0 Å². The van der Waals surface area contributed by atoms with Gasteiger partial charge >= 0.3 is 0 Å². The zero-order valence-corrected chi connectivity index (χ0v) is 9.11. The van der Waals surface area contributed by atoms with Gasteiger partial charge < -0.3 is 10.5 Å². The van der Waals surface area contributed by atoms with Gasteiger partial charge in [-0.25, -0.2) is 0 Å². The van der Waals surface area contributed by atoms with Crippen LogP contribution in [0, 0.1) is 0 Å². The molecule has 2 bridgehead atoms. The Morgan fingerprint density at radius 3 is 2.57 bits per heavy atom. The number of hydrogen-bond donors (Lipinski definition) is 1. The molecule has 3 atom stereocenters. The lowest BCUT2D eigenvalue weighted by Gasteiger charge is -2.32. The Morgan fingerprint density at radius 1 is 1.36 bits per heavy atom. The van der Waals surface area contributed by atoms with Crippen molar-refractivity contribution in [3.8, 4) is 0 Å². The molecule has 2 fully saturated rings. The molecule has 0 aromatic rings. The highest BCUT2D eigenvalue weighted by Crippen LogP contribution is 2.26. The van der Waals surface area contributed by atoms with Crippen LogP contribution >= 0.6 is 0 Å². The molecule has 0 amide bonds. The number of fused-ring (bicyclic) bond motifs is 2. The molecule has 0 saturated carbocycles. The van der Waals surface area contributed by atoms with Crippen molar-refractivity contribution in [2.75, 3.05) is 19.6 Å². The van der Waals surface area contributed by atoms with E-state index in [1.165, 1.54) is 12.8 Å². The third-order valence-corrected chi connectivity index (χ3v) is 3.46. The van der Waals surface area contributed by atoms with Gasteiger partial charge in [0.05, 0.1) is 12.2 Å². The third-order valence-electron chi connectivity index (χ3n) is 3.46. The first kappa shape index (κ1) is 10.4. The molecule has 2 heterocycles. The number of likely N-dealkylation sites (tertiary alicyclic amines) is 1. The maximum atomic E-state index is 5.92. The fourth-order valence-corrected chi connectivity index (χ4v) is 2.43. The first-order valence-corrected chi connectivity index (χ1v) is 5.91. The van der Waals surface area contributed by atoms with Crippen LogP contribution in [0.3, 0.4) is 0 Å². The van der Waals surface area contributed by atoms with Crippen LogP contribution in [-0.2, 0) is 4.74 Å². The summed E-state index contributed by atoms with van der Waals surface area (Å²) in [7, 11) is 0. The van der Waals surface area contributed by atoms with E-state index in [-0.39, 0.29) is 0 Å². The van der Waals surface area contributed by atoms with E-state index in [2.05, 4.69) is 11.8 Å². The Balaban J connectivity index is 1.71. The Morgan fingerprint density at radius 2 is 2.00 bits per heavy atom. The molecule has 82 valence electrons. The molecular formula is C11H22N2O. The van der Waals surface area contributed by atoms with Crippen molar-refractivity contribution in [2.45, 2.75) is 50.9 Å². The quantitative estimate of drug-likeness (QED) is 0.731. The standard InChI is InChI=1S/C11H22N2O/c1-2-9(12)5-6-13-7-10-3-4-11(8-13)14-10/h9-11H,2-8,12H2,1H3. The SMILES string of the molecule is CCC(N)CCN1CC2CCC(C1)O2. The van der Waals surface area contributed by atoms with E-state index in [1.54, 1.807) is 0 Å². The van der Waals surface area contributed by atoms with E-state index in [0.717, 1.165) is 32.5 Å². The minimum absolute atomic E-state index is 0.385. The van der Waals surface area contributed by atoms with E-state index >= 15 is 0 Å². The second kappa shape index (κ2) is 4.60. The van der Waals surface area contributed by atoms with Crippen LogP contribution in [0.2, 0.25) is 0 Å². The Bertz CT molecular complexity index is 174. The Labute approximate surface area is 86.6 Å². The number of nitrogens with zero attached hydrogens (tertiary/aromatic N) is 1. The topological polar surface area (TPSA) is 38.5 Å². The predicted molar refractivity (Wildman–Crippen MR) is 57.2 cm³/mol. The van der Waals surface area contributed by atoms with Crippen LogP contribution in [-0.4, -0.2) is 42.8 Å². The Hall–Kier alpha value is -0.120. The van der Waals surface area contributed by atoms with Crippen molar-refractivity contribution in [2.24, 2.45) is 5.73 Å². The largest absolute Gasteiger partial charge is 0.372 e. The number of nitrogens with two attached hydrogens (primary N) is 1. The van der Waals surface area contributed by atoms with Crippen molar-refractivity contribution < 1.29 is 4.74 Å². The minimum Gasteiger partial charge on any atom is -0.372 e. The molecule has 0 aromatic carbocycles. The summed E-state index contributed by atoms with van der Waals surface area (Å²) in [5.74, 6) is 0. The van der Waals surface area contributed by atoms with Crippen molar-refractivity contribution in [3.63, 3.8) is 0 Å². The molecule has 2 saturated heterocycles. The van der Waals surface area contributed by atoms with Gasteiger partial charge in [0.2, 0.25) is 0 Å². The molecular weight excluding hydrogens is 176 g/mol. The molecule has 0 spiro atoms. The van der Waals surface area contributed by atoms with Gasteiger partial charge in [-0.2, -0.15) is 0 Å². The van der Waals surface area contributed by atoms with Crippen LogP contribution in [0.1, 0.15) is 32.6 Å². The number of morpholine rings is 1. The van der Waals surface area contributed by atoms with Crippen LogP contribution in [0.25, 0.3) is 0 Å². The van der Waals surface area contributed by atoms with Gasteiger partial charge in [0.15, 0.2) is 0 Å². The molecule has 0 aliphatic carbocycles. The van der Waals surface area contributed by atoms with Crippen molar-refractivity contribution >= 4 is 0 Å². The summed E-state index contributed by atoms with van der Waals surface area (Å²) in [4.78, 5) is 2.53. The minimum atomic E-state index is 0.385. The molecule has 2 aliphatic rings. The van der Waals surface area contributed by atoms with Crippen LogP contribution in [0.15, 0.2) is 0 Å². The molecule has 2 aliphatic heterocycles. The van der Waals surface area contributed by atoms with Crippen LogP contribution in [0.4, 0.5) is 0 Å². The van der Waals surface area contributed by atoms with E-state index in [0.29, 0.717) is 18.2 Å². The summed E-state index contributed by atoms with van der Waals surface area (Å²) < 4.78 is 5.79. The molecule has 0 radical (unpaired) electrons. The van der Waals surface area contributed by atoms with Gasteiger partial charge in [-0.15, -0.1) is 0 Å². The van der Waals surface area contributed by atoms with E-state index in [4.69, 9.17) is 10.5 Å². The van der Waals surface area contributed by atoms with Gasteiger partial charge in [-0.3, -0.25) is 4.90 Å². The maximum absolute atomic E-state index is 5.92. The second-order valence-electron chi connectivity index (χ2n) is 4.67. The highest BCUT2D eigenvalue weighted by atomic mass is 16.5. The zero-order valence-electron chi connectivity index (χ0n) is 9.11. The van der Waals surface area contributed by atoms with Gasteiger partial charge in [-0.1, -0.05) is 6.92 Å². The average molecular weight is 198 g/mol. The first-order valence-electron chi connectivity index (χ1n) is 5.91. The van der Waals surface area contributed by atoms with Gasteiger partial charge in [0.1, 0.15) is 0 Å². The van der Waals surface area contributed by atoms with Crippen molar-refractivity contribution in [1.82, 2.24) is 4.90 Å². The summed E-state index contributed by atoms with van der Waals surface area (Å²) in [6, 6.07) is 0.385. The average Bonchev–Trinajstić information content (AvgIpc) is 2.54. The zero-order chi connectivity index (χ0) is 9.97. The predicted octanol–water partition coefficient (Wildman–Crippen LogP) is 0.977. The monoisotopic (exact) mass is 198 g/mol. The molecule has 0 aromatic heterocycles. The van der Waals surface area contributed by atoms with E-state index in [1.807, 2.05) is 0 Å². The van der Waals surface area contributed by atoms with Crippen molar-refractivity contribution in [3.05, 3.63) is 0 Å². The first-order chi connectivity index (χ1) is 6.78. The summed E-state index contributed by atoms with van der Waals surface area (Å²) in [6.45, 7) is 5.58. The summed E-state index contributed by atoms with van der Waals surface area (Å²) >= 11 is 0. The number of ether oxygens (including phenoxy) is 1. The maximum Gasteiger partial charge on any atom is 0.0707 e. The van der Waals surface area contributed by atoms with Crippen LogP contribution in [0.5, 0.6) is 0 Å². The lowest BCUT2D eigenvalue weighted by molar-refractivity contribution is -0.0388.